The van der Waals surface area contributed by atoms with Crippen LogP contribution in [0, 0.1) is 17.8 Å². The lowest BCUT2D eigenvalue weighted by atomic mass is 9.65. The van der Waals surface area contributed by atoms with E-state index >= 15 is 14.4 Å². The molecule has 6 aromatic rings. The van der Waals surface area contributed by atoms with E-state index in [-0.39, 0.29) is 38.7 Å². The van der Waals surface area contributed by atoms with Gasteiger partial charge in [0.15, 0.2) is 0 Å². The molecule has 4 heterocycles. The number of nitrogens with zero attached hydrogens (tertiary/aromatic N) is 4. The fourth-order valence-corrected chi connectivity index (χ4v) is 10.3. The van der Waals surface area contributed by atoms with Crippen LogP contribution in [0.4, 0.5) is 10.5 Å². The molecule has 1 aromatic heterocycles. The van der Waals surface area contributed by atoms with Gasteiger partial charge in [0.25, 0.3) is 0 Å². The number of aliphatic hydroxyl groups excluding tert-OH is 1. The standard InChI is InChI=1S/C57H55N5O9/c1-60(38-40-15-6-3-7-16-40)32-14-17-39-23-28-47-46(37-39)57(55(66)61(47)56(67)70-36-35-68-2)48(53(64)59-31-29-44-22-12-13-30-58-44)50-54(65)71-51(42-20-10-5-11-21-42)49(41-18-8-4-9-19-41)62(50)52(57)43-24-26-45(27-25-43)69-34-33-63/h3-13,15-16,18-28,30,37,48-52,63H,29,31-36,38H2,1-2H3,(H,59,64)/t48-,49-,50-,51+,52+,57-/m0/s1. The van der Waals surface area contributed by atoms with Crippen molar-refractivity contribution in [3.8, 4) is 17.6 Å². The van der Waals surface area contributed by atoms with Crippen LogP contribution in [0.1, 0.15) is 57.3 Å². The molecule has 1 spiro atoms. The van der Waals surface area contributed by atoms with Crippen LogP contribution in [0.5, 0.6) is 5.75 Å². The smallest absolute Gasteiger partial charge is 0.421 e. The lowest BCUT2D eigenvalue weighted by Crippen LogP contribution is -2.56. The van der Waals surface area contributed by atoms with E-state index in [0.29, 0.717) is 47.5 Å². The van der Waals surface area contributed by atoms with Crippen LogP contribution in [-0.4, -0.2) is 103 Å². The summed E-state index contributed by atoms with van der Waals surface area (Å²) in [4.78, 5) is 71.6. The highest BCUT2D eigenvalue weighted by atomic mass is 16.6. The molecule has 362 valence electrons. The molecule has 0 aliphatic carbocycles. The largest absolute Gasteiger partial charge is 0.491 e. The molecule has 6 atom stereocenters. The summed E-state index contributed by atoms with van der Waals surface area (Å²) in [7, 11) is 3.45. The zero-order chi connectivity index (χ0) is 49.3. The van der Waals surface area contributed by atoms with Gasteiger partial charge in [-0.15, -0.1) is 0 Å². The number of hydrogen-bond donors (Lipinski definition) is 2. The van der Waals surface area contributed by atoms with Crippen molar-refractivity contribution in [1.82, 2.24) is 20.1 Å². The highest BCUT2D eigenvalue weighted by Gasteiger charge is 2.75. The third kappa shape index (κ3) is 9.78. The number of aromatic nitrogens is 1. The molecule has 14 nitrogen and oxygen atoms in total. The molecule has 2 saturated heterocycles. The third-order valence-corrected chi connectivity index (χ3v) is 13.3. The van der Waals surface area contributed by atoms with Crippen LogP contribution in [0.15, 0.2) is 158 Å². The number of amides is 3. The number of rotatable bonds is 16. The van der Waals surface area contributed by atoms with Crippen LogP contribution in [0.3, 0.4) is 0 Å². The maximum Gasteiger partial charge on any atom is 0.421 e. The quantitative estimate of drug-likeness (QED) is 0.0599. The number of cyclic esters (lactones) is 1. The number of imide groups is 1. The van der Waals surface area contributed by atoms with Crippen LogP contribution < -0.4 is 15.0 Å². The predicted molar refractivity (Wildman–Crippen MR) is 265 cm³/mol. The zero-order valence-electron chi connectivity index (χ0n) is 39.6. The van der Waals surface area contributed by atoms with Crippen molar-refractivity contribution in [2.24, 2.45) is 5.92 Å². The first-order valence-corrected chi connectivity index (χ1v) is 23.7. The van der Waals surface area contributed by atoms with Crippen molar-refractivity contribution in [1.29, 1.82) is 0 Å². The number of carbonyl (C=O) groups is 4. The summed E-state index contributed by atoms with van der Waals surface area (Å²) in [6, 6.07) is 43.5. The number of fused-ring (bicyclic) bond motifs is 3. The molecule has 71 heavy (non-hydrogen) atoms. The van der Waals surface area contributed by atoms with Crippen LogP contribution in [-0.2, 0) is 47.0 Å². The molecule has 0 saturated carbocycles. The van der Waals surface area contributed by atoms with E-state index in [2.05, 4.69) is 39.2 Å². The van der Waals surface area contributed by atoms with E-state index in [9.17, 15) is 9.90 Å². The number of morpholine rings is 1. The SMILES string of the molecule is COCCOC(=O)N1C(=O)[C@@]2(c3cc(C#CCN(C)Cc4ccccc4)ccc31)[C@H](C(=O)NCCc1ccccn1)[C@H]1C(=O)O[C@H](c3ccccc3)[C@H](c3ccccc3)N1[C@@H]2c1ccc(OCCO)cc1. The summed E-state index contributed by atoms with van der Waals surface area (Å²) in [5.74, 6) is 3.48. The highest BCUT2D eigenvalue weighted by molar-refractivity contribution is 6.23. The predicted octanol–water partition coefficient (Wildman–Crippen LogP) is 6.74. The summed E-state index contributed by atoms with van der Waals surface area (Å²) in [5, 5.41) is 12.7. The van der Waals surface area contributed by atoms with E-state index in [1.165, 1.54) is 7.11 Å². The number of esters is 1. The topological polar surface area (TPSA) is 160 Å². The molecule has 0 bridgehead atoms. The Balaban J connectivity index is 1.27. The van der Waals surface area contributed by atoms with E-state index in [0.717, 1.165) is 21.7 Å². The first-order chi connectivity index (χ1) is 34.7. The van der Waals surface area contributed by atoms with Crippen LogP contribution >= 0.6 is 0 Å². The Morgan fingerprint density at radius 2 is 1.52 bits per heavy atom. The van der Waals surface area contributed by atoms with Crippen molar-refractivity contribution in [3.63, 3.8) is 0 Å². The molecule has 3 aliphatic rings. The molecular weight excluding hydrogens is 899 g/mol. The number of benzene rings is 5. The van der Waals surface area contributed by atoms with Crippen LogP contribution in [0.2, 0.25) is 0 Å². The Hall–Kier alpha value is -7.67. The van der Waals surface area contributed by atoms with Gasteiger partial charge in [-0.1, -0.05) is 121 Å². The average Bonchev–Trinajstić information content (AvgIpc) is 3.86. The molecule has 0 radical (unpaired) electrons. The number of nitrogens with one attached hydrogen (secondary N) is 1. The monoisotopic (exact) mass is 953 g/mol. The van der Waals surface area contributed by atoms with Gasteiger partial charge in [0.1, 0.15) is 36.5 Å². The van der Waals surface area contributed by atoms with Gasteiger partial charge in [0.05, 0.1) is 43.4 Å². The van der Waals surface area contributed by atoms with Crippen LogP contribution in [0.25, 0.3) is 0 Å². The van der Waals surface area contributed by atoms with Crippen molar-refractivity contribution < 1.29 is 43.2 Å². The minimum Gasteiger partial charge on any atom is -0.491 e. The van der Waals surface area contributed by atoms with Gasteiger partial charge >= 0.3 is 12.1 Å². The molecule has 3 aliphatic heterocycles. The van der Waals surface area contributed by atoms with Crippen molar-refractivity contribution >= 4 is 29.6 Å². The number of anilines is 1. The van der Waals surface area contributed by atoms with Gasteiger partial charge in [-0.05, 0) is 77.3 Å². The average molecular weight is 954 g/mol. The fourth-order valence-electron chi connectivity index (χ4n) is 10.3. The van der Waals surface area contributed by atoms with Crippen molar-refractivity contribution in [2.75, 3.05) is 58.6 Å². The Morgan fingerprint density at radius 3 is 2.21 bits per heavy atom. The van der Waals surface area contributed by atoms with E-state index in [1.54, 1.807) is 48.7 Å². The Labute approximate surface area is 413 Å². The molecule has 0 unspecified atom stereocenters. The minimum atomic E-state index is -2.01. The molecular formula is C57H55N5O9. The zero-order valence-corrected chi connectivity index (χ0v) is 39.6. The summed E-state index contributed by atoms with van der Waals surface area (Å²) < 4.78 is 23.4. The van der Waals surface area contributed by atoms with Gasteiger partial charge in [-0.3, -0.25) is 29.2 Å². The summed E-state index contributed by atoms with van der Waals surface area (Å²) in [6.45, 7) is 0.928. The number of methoxy groups -OCH3 is 1. The Morgan fingerprint density at radius 1 is 0.817 bits per heavy atom. The van der Waals surface area contributed by atoms with E-state index < -0.39 is 59.4 Å². The number of hydrogen-bond acceptors (Lipinski definition) is 12. The second kappa shape index (κ2) is 22.0. The van der Waals surface area contributed by atoms with Crippen molar-refractivity contribution in [2.45, 2.75) is 42.6 Å². The number of aliphatic hydroxyl groups is 1. The normalized spacial score (nSPS) is 21.2. The van der Waals surface area contributed by atoms with E-state index in [4.69, 9.17) is 18.9 Å². The second-order valence-electron chi connectivity index (χ2n) is 17.7. The van der Waals surface area contributed by atoms with E-state index in [1.807, 2.05) is 109 Å². The van der Waals surface area contributed by atoms with Gasteiger partial charge in [-0.2, -0.15) is 0 Å². The molecule has 2 N–H and O–H groups in total. The number of carbonyl (C=O) groups excluding carboxylic acids is 4. The Bertz CT molecular complexity index is 2880. The molecule has 3 amide bonds. The molecule has 14 heteroatoms. The molecule has 2 fully saturated rings. The first-order valence-electron chi connectivity index (χ1n) is 23.7. The molecule has 5 aromatic carbocycles. The lowest BCUT2D eigenvalue weighted by molar-refractivity contribution is -0.178. The van der Waals surface area contributed by atoms with Crippen molar-refractivity contribution in [3.05, 3.63) is 197 Å². The maximum atomic E-state index is 16.4. The van der Waals surface area contributed by atoms with Gasteiger partial charge < -0.3 is 29.4 Å². The lowest BCUT2D eigenvalue weighted by Gasteiger charge is -2.46. The Kier molecular flexibility index (Phi) is 15.0. The second-order valence-corrected chi connectivity index (χ2v) is 17.7. The minimum absolute atomic E-state index is 0.0419. The number of pyridine rings is 1. The summed E-state index contributed by atoms with van der Waals surface area (Å²) in [6.07, 6.45) is 0.151. The summed E-state index contributed by atoms with van der Waals surface area (Å²) >= 11 is 0. The van der Waals surface area contributed by atoms with Gasteiger partial charge in [0, 0.05) is 44.1 Å². The summed E-state index contributed by atoms with van der Waals surface area (Å²) in [5.41, 5.74) is 2.89. The fraction of sp³-hybridized carbons (Fsp3) is 0.281. The third-order valence-electron chi connectivity index (χ3n) is 13.3. The van der Waals surface area contributed by atoms with Gasteiger partial charge in [-0.25, -0.2) is 9.69 Å². The number of ether oxygens (including phenoxy) is 4. The highest BCUT2D eigenvalue weighted by Crippen LogP contribution is 2.66. The molecule has 9 rings (SSSR count). The van der Waals surface area contributed by atoms with Gasteiger partial charge in [0.2, 0.25) is 11.8 Å². The first kappa shape index (κ1) is 48.4. The maximum absolute atomic E-state index is 16.4.